The van der Waals surface area contributed by atoms with Crippen molar-refractivity contribution in [1.29, 1.82) is 0 Å². The fraction of sp³-hybridized carbons (Fsp3) is 0.375. The van der Waals surface area contributed by atoms with Crippen molar-refractivity contribution in [2.75, 3.05) is 44.3 Å². The highest BCUT2D eigenvalue weighted by Gasteiger charge is 2.24. The summed E-state index contributed by atoms with van der Waals surface area (Å²) in [4.78, 5) is 27.1. The van der Waals surface area contributed by atoms with Crippen LogP contribution in [0.15, 0.2) is 35.3 Å². The van der Waals surface area contributed by atoms with Crippen molar-refractivity contribution < 1.29 is 19.4 Å². The fourth-order valence-corrected chi connectivity index (χ4v) is 2.76. The number of piperazine rings is 1. The number of carboxylic acid groups (broad SMARTS) is 1. The standard InChI is InChI=1S/C16H18BrN5O4/c17-13-11-19-14(21-4-6-22(7-5-21)16(23)24)15(20-13)26-9-8-25-12-2-1-3-18-10-12/h1-3,10-11H,4-9H2,(H,23,24). The first-order valence-electron chi connectivity index (χ1n) is 8.04. The van der Waals surface area contributed by atoms with E-state index in [-0.39, 0.29) is 0 Å². The van der Waals surface area contributed by atoms with Crippen LogP contribution in [0, 0.1) is 0 Å². The molecule has 1 aliphatic rings. The molecule has 1 N–H and O–H groups in total. The lowest BCUT2D eigenvalue weighted by Gasteiger charge is -2.34. The summed E-state index contributed by atoms with van der Waals surface area (Å²) < 4.78 is 11.9. The average Bonchev–Trinajstić information content (AvgIpc) is 2.66. The molecule has 0 bridgehead atoms. The van der Waals surface area contributed by atoms with Crippen LogP contribution in [0.2, 0.25) is 0 Å². The van der Waals surface area contributed by atoms with Crippen LogP contribution < -0.4 is 14.4 Å². The Morgan fingerprint density at radius 3 is 2.65 bits per heavy atom. The van der Waals surface area contributed by atoms with Gasteiger partial charge in [0, 0.05) is 32.4 Å². The molecule has 1 aliphatic heterocycles. The number of halogens is 1. The van der Waals surface area contributed by atoms with E-state index in [1.165, 1.54) is 4.90 Å². The molecule has 3 heterocycles. The SMILES string of the molecule is O=C(O)N1CCN(c2ncc(Br)nc2OCCOc2cccnc2)CC1. The minimum Gasteiger partial charge on any atom is -0.488 e. The summed E-state index contributed by atoms with van der Waals surface area (Å²) in [5.74, 6) is 1.65. The van der Waals surface area contributed by atoms with Crippen LogP contribution in [0.1, 0.15) is 0 Å². The normalized spacial score (nSPS) is 14.2. The monoisotopic (exact) mass is 423 g/mol. The van der Waals surface area contributed by atoms with E-state index in [0.717, 1.165) is 0 Å². The van der Waals surface area contributed by atoms with Crippen molar-refractivity contribution in [1.82, 2.24) is 19.9 Å². The summed E-state index contributed by atoms with van der Waals surface area (Å²) in [5.41, 5.74) is 0. The molecule has 0 aromatic carbocycles. The number of rotatable bonds is 6. The van der Waals surface area contributed by atoms with Gasteiger partial charge in [0.1, 0.15) is 23.6 Å². The van der Waals surface area contributed by atoms with E-state index in [4.69, 9.17) is 14.6 Å². The predicted molar refractivity (Wildman–Crippen MR) is 96.8 cm³/mol. The van der Waals surface area contributed by atoms with Crippen LogP contribution in [-0.4, -0.2) is 70.4 Å². The summed E-state index contributed by atoms with van der Waals surface area (Å²) in [7, 11) is 0. The van der Waals surface area contributed by atoms with Crippen molar-refractivity contribution in [3.05, 3.63) is 35.3 Å². The van der Waals surface area contributed by atoms with Crippen molar-refractivity contribution in [2.24, 2.45) is 0 Å². The summed E-state index contributed by atoms with van der Waals surface area (Å²) in [5, 5.41) is 9.05. The van der Waals surface area contributed by atoms with E-state index in [2.05, 4.69) is 30.9 Å². The van der Waals surface area contributed by atoms with Gasteiger partial charge in [0.2, 0.25) is 0 Å². The minimum atomic E-state index is -0.907. The number of hydrogen-bond acceptors (Lipinski definition) is 7. The molecule has 2 aromatic rings. The number of nitrogens with zero attached hydrogens (tertiary/aromatic N) is 5. The van der Waals surface area contributed by atoms with Gasteiger partial charge in [-0.05, 0) is 28.1 Å². The summed E-state index contributed by atoms with van der Waals surface area (Å²) in [6.45, 7) is 2.53. The first-order chi connectivity index (χ1) is 12.6. The van der Waals surface area contributed by atoms with Gasteiger partial charge in [-0.3, -0.25) is 4.98 Å². The molecule has 26 heavy (non-hydrogen) atoms. The van der Waals surface area contributed by atoms with Crippen LogP contribution in [-0.2, 0) is 0 Å². The maximum Gasteiger partial charge on any atom is 0.407 e. The Hall–Kier alpha value is -2.62. The third-order valence-electron chi connectivity index (χ3n) is 3.77. The Kier molecular flexibility index (Phi) is 6.05. The zero-order valence-electron chi connectivity index (χ0n) is 13.9. The predicted octanol–water partition coefficient (Wildman–Crippen LogP) is 1.89. The van der Waals surface area contributed by atoms with Crippen molar-refractivity contribution in [3.63, 3.8) is 0 Å². The molecule has 0 aliphatic carbocycles. The average molecular weight is 424 g/mol. The fourth-order valence-electron chi connectivity index (χ4n) is 2.50. The van der Waals surface area contributed by atoms with Crippen molar-refractivity contribution >= 4 is 27.8 Å². The molecule has 0 radical (unpaired) electrons. The van der Waals surface area contributed by atoms with Gasteiger partial charge in [0.25, 0.3) is 5.88 Å². The second-order valence-electron chi connectivity index (χ2n) is 5.46. The number of carbonyl (C=O) groups is 1. The van der Waals surface area contributed by atoms with Crippen LogP contribution in [0.4, 0.5) is 10.6 Å². The van der Waals surface area contributed by atoms with Crippen molar-refractivity contribution in [3.8, 4) is 11.6 Å². The number of pyridine rings is 1. The Morgan fingerprint density at radius 1 is 1.19 bits per heavy atom. The Bertz CT molecular complexity index is 741. The molecule has 0 unspecified atom stereocenters. The van der Waals surface area contributed by atoms with E-state index in [0.29, 0.717) is 61.4 Å². The smallest absolute Gasteiger partial charge is 0.407 e. The number of amides is 1. The number of anilines is 1. The third kappa shape index (κ3) is 4.72. The van der Waals surface area contributed by atoms with Gasteiger partial charge in [-0.1, -0.05) is 0 Å². The van der Waals surface area contributed by atoms with E-state index >= 15 is 0 Å². The Balaban J connectivity index is 1.58. The van der Waals surface area contributed by atoms with Crippen LogP contribution in [0.3, 0.4) is 0 Å². The maximum atomic E-state index is 11.0. The summed E-state index contributed by atoms with van der Waals surface area (Å²) >= 11 is 3.30. The van der Waals surface area contributed by atoms with Gasteiger partial charge in [0.15, 0.2) is 5.82 Å². The van der Waals surface area contributed by atoms with E-state index in [1.807, 2.05) is 11.0 Å². The topological polar surface area (TPSA) is 101 Å². The van der Waals surface area contributed by atoms with Crippen LogP contribution >= 0.6 is 15.9 Å². The second-order valence-corrected chi connectivity index (χ2v) is 6.28. The van der Waals surface area contributed by atoms with E-state index < -0.39 is 6.09 Å². The molecule has 9 nitrogen and oxygen atoms in total. The van der Waals surface area contributed by atoms with E-state index in [9.17, 15) is 4.79 Å². The van der Waals surface area contributed by atoms with Gasteiger partial charge in [-0.2, -0.15) is 0 Å². The lowest BCUT2D eigenvalue weighted by Crippen LogP contribution is -2.48. The second kappa shape index (κ2) is 8.65. The van der Waals surface area contributed by atoms with Gasteiger partial charge < -0.3 is 24.4 Å². The highest BCUT2D eigenvalue weighted by atomic mass is 79.9. The number of aromatic nitrogens is 3. The first kappa shape index (κ1) is 18.2. The molecular weight excluding hydrogens is 406 g/mol. The van der Waals surface area contributed by atoms with Gasteiger partial charge in [-0.15, -0.1) is 0 Å². The highest BCUT2D eigenvalue weighted by molar-refractivity contribution is 9.10. The molecule has 138 valence electrons. The molecule has 1 amide bonds. The minimum absolute atomic E-state index is 0.294. The Morgan fingerprint density at radius 2 is 1.96 bits per heavy atom. The van der Waals surface area contributed by atoms with E-state index in [1.54, 1.807) is 24.7 Å². The lowest BCUT2D eigenvalue weighted by atomic mass is 10.3. The Labute approximate surface area is 158 Å². The largest absolute Gasteiger partial charge is 0.488 e. The number of hydrogen-bond donors (Lipinski definition) is 1. The molecule has 0 spiro atoms. The van der Waals surface area contributed by atoms with Crippen LogP contribution in [0.5, 0.6) is 11.6 Å². The van der Waals surface area contributed by atoms with Crippen LogP contribution in [0.25, 0.3) is 0 Å². The molecule has 10 heteroatoms. The van der Waals surface area contributed by atoms with Gasteiger partial charge in [-0.25, -0.2) is 14.8 Å². The van der Waals surface area contributed by atoms with Gasteiger partial charge >= 0.3 is 6.09 Å². The molecule has 0 saturated carbocycles. The molecule has 0 atom stereocenters. The molecular formula is C16H18BrN5O4. The zero-order valence-corrected chi connectivity index (χ0v) is 15.5. The number of ether oxygens (including phenoxy) is 2. The lowest BCUT2D eigenvalue weighted by molar-refractivity contribution is 0.142. The summed E-state index contributed by atoms with van der Waals surface area (Å²) in [6.07, 6.45) is 4.00. The highest BCUT2D eigenvalue weighted by Crippen LogP contribution is 2.26. The molecule has 3 rings (SSSR count). The molecule has 1 saturated heterocycles. The molecule has 1 fully saturated rings. The quantitative estimate of drug-likeness (QED) is 0.702. The first-order valence-corrected chi connectivity index (χ1v) is 8.84. The third-order valence-corrected chi connectivity index (χ3v) is 4.15. The van der Waals surface area contributed by atoms with Crippen molar-refractivity contribution in [2.45, 2.75) is 0 Å². The summed E-state index contributed by atoms with van der Waals surface area (Å²) in [6, 6.07) is 3.62. The van der Waals surface area contributed by atoms with Gasteiger partial charge in [0.05, 0.1) is 12.4 Å². The molecule has 2 aromatic heterocycles. The zero-order chi connectivity index (χ0) is 18.4. The maximum absolute atomic E-state index is 11.0.